The maximum absolute atomic E-state index is 13.3. The molecule has 29 heavy (non-hydrogen) atoms. The van der Waals surface area contributed by atoms with E-state index in [2.05, 4.69) is 12.2 Å². The van der Waals surface area contributed by atoms with E-state index in [-0.39, 0.29) is 11.8 Å². The van der Waals surface area contributed by atoms with Crippen LogP contribution in [0.2, 0.25) is 0 Å². The van der Waals surface area contributed by atoms with Gasteiger partial charge in [-0.1, -0.05) is 74.4 Å². The van der Waals surface area contributed by atoms with Gasteiger partial charge in [-0.05, 0) is 43.4 Å². The number of hydrogen-bond donors (Lipinski definition) is 1. The van der Waals surface area contributed by atoms with Crippen molar-refractivity contribution >= 4 is 11.8 Å². The molecule has 0 aliphatic carbocycles. The van der Waals surface area contributed by atoms with Gasteiger partial charge in [0.2, 0.25) is 11.8 Å². The van der Waals surface area contributed by atoms with Gasteiger partial charge in [-0.2, -0.15) is 0 Å². The van der Waals surface area contributed by atoms with Gasteiger partial charge in [-0.15, -0.1) is 0 Å². The van der Waals surface area contributed by atoms with Crippen LogP contribution in [-0.2, 0) is 22.6 Å². The molecule has 0 aromatic heterocycles. The van der Waals surface area contributed by atoms with Gasteiger partial charge >= 0.3 is 0 Å². The van der Waals surface area contributed by atoms with Crippen molar-refractivity contribution in [3.63, 3.8) is 0 Å². The van der Waals surface area contributed by atoms with Crippen molar-refractivity contribution in [2.45, 2.75) is 66.0 Å². The number of nitrogens with zero attached hydrogens (tertiary/aromatic N) is 1. The average Bonchev–Trinajstić information content (AvgIpc) is 2.71. The highest BCUT2D eigenvalue weighted by atomic mass is 16.2. The predicted molar refractivity (Wildman–Crippen MR) is 119 cm³/mol. The molecule has 4 nitrogen and oxygen atoms in total. The van der Waals surface area contributed by atoms with Crippen LogP contribution in [0.1, 0.15) is 55.4 Å². The van der Waals surface area contributed by atoms with Gasteiger partial charge in [-0.3, -0.25) is 9.59 Å². The summed E-state index contributed by atoms with van der Waals surface area (Å²) in [7, 11) is 0. The number of benzene rings is 2. The Kier molecular flexibility index (Phi) is 8.91. The van der Waals surface area contributed by atoms with Crippen molar-refractivity contribution in [1.29, 1.82) is 0 Å². The maximum atomic E-state index is 13.3. The lowest BCUT2D eigenvalue weighted by atomic mass is 10.0. The van der Waals surface area contributed by atoms with Crippen LogP contribution >= 0.6 is 0 Å². The summed E-state index contributed by atoms with van der Waals surface area (Å²) < 4.78 is 0. The third kappa shape index (κ3) is 6.74. The topological polar surface area (TPSA) is 49.4 Å². The summed E-state index contributed by atoms with van der Waals surface area (Å²) in [5.41, 5.74) is 4.34. The molecule has 2 aromatic carbocycles. The fraction of sp³-hybridized carbons (Fsp3) is 0.440. The number of nitrogens with one attached hydrogen (secondary N) is 1. The first kappa shape index (κ1) is 22.7. The molecule has 0 spiro atoms. The Balaban J connectivity index is 2.25. The number of rotatable bonds is 10. The van der Waals surface area contributed by atoms with Gasteiger partial charge in [0.1, 0.15) is 6.04 Å². The molecule has 0 heterocycles. The quantitative estimate of drug-likeness (QED) is 0.600. The molecule has 0 fully saturated rings. The van der Waals surface area contributed by atoms with Crippen LogP contribution in [0.25, 0.3) is 0 Å². The van der Waals surface area contributed by atoms with Gasteiger partial charge in [0.25, 0.3) is 0 Å². The van der Waals surface area contributed by atoms with Crippen LogP contribution in [0.5, 0.6) is 0 Å². The van der Waals surface area contributed by atoms with Gasteiger partial charge in [0.15, 0.2) is 0 Å². The highest BCUT2D eigenvalue weighted by Gasteiger charge is 2.28. The third-order valence-corrected chi connectivity index (χ3v) is 5.29. The first-order chi connectivity index (χ1) is 14.0. The summed E-state index contributed by atoms with van der Waals surface area (Å²) in [6.45, 7) is 9.23. The Morgan fingerprint density at radius 1 is 1.00 bits per heavy atom. The molecule has 1 atom stereocenters. The van der Waals surface area contributed by atoms with Crippen molar-refractivity contribution < 1.29 is 9.59 Å². The van der Waals surface area contributed by atoms with Crippen molar-refractivity contribution in [1.82, 2.24) is 10.2 Å². The van der Waals surface area contributed by atoms with Crippen molar-refractivity contribution in [2.75, 3.05) is 6.54 Å². The van der Waals surface area contributed by atoms with Crippen molar-refractivity contribution in [2.24, 2.45) is 0 Å². The smallest absolute Gasteiger partial charge is 0.242 e. The Hall–Kier alpha value is -2.62. The lowest BCUT2D eigenvalue weighted by molar-refractivity contribution is -0.140. The SMILES string of the molecule is CCCCNC(=O)[C@H](CC)N(Cc1ccccc1C)C(=O)Cc1ccc(C)cc1. The molecule has 0 bridgehead atoms. The number of carbonyl (C=O) groups is 2. The molecule has 2 aromatic rings. The van der Waals surface area contributed by atoms with Crippen LogP contribution in [0, 0.1) is 13.8 Å². The number of aryl methyl sites for hydroxylation is 2. The highest BCUT2D eigenvalue weighted by Crippen LogP contribution is 2.17. The molecule has 0 radical (unpaired) electrons. The zero-order valence-electron chi connectivity index (χ0n) is 18.2. The van der Waals surface area contributed by atoms with Crippen LogP contribution < -0.4 is 5.32 Å². The minimum absolute atomic E-state index is 0.0189. The van der Waals surface area contributed by atoms with Crippen LogP contribution in [0.4, 0.5) is 0 Å². The third-order valence-electron chi connectivity index (χ3n) is 5.29. The van der Waals surface area contributed by atoms with Crippen LogP contribution in [0.15, 0.2) is 48.5 Å². The fourth-order valence-electron chi connectivity index (χ4n) is 3.38. The van der Waals surface area contributed by atoms with Gasteiger partial charge < -0.3 is 10.2 Å². The van der Waals surface area contributed by atoms with Gasteiger partial charge in [-0.25, -0.2) is 0 Å². The molecule has 0 aliphatic heterocycles. The minimum Gasteiger partial charge on any atom is -0.354 e. The fourth-order valence-corrected chi connectivity index (χ4v) is 3.38. The number of unbranched alkanes of at least 4 members (excludes halogenated alkanes) is 1. The molecule has 2 amide bonds. The lowest BCUT2D eigenvalue weighted by Gasteiger charge is -2.31. The number of carbonyl (C=O) groups excluding carboxylic acids is 2. The number of amides is 2. The average molecular weight is 395 g/mol. The molecule has 1 N–H and O–H groups in total. The molecule has 0 unspecified atom stereocenters. The van der Waals surface area contributed by atoms with E-state index in [0.717, 1.165) is 29.5 Å². The highest BCUT2D eigenvalue weighted by molar-refractivity contribution is 5.88. The van der Waals surface area contributed by atoms with Gasteiger partial charge in [0, 0.05) is 13.1 Å². The summed E-state index contributed by atoms with van der Waals surface area (Å²) in [5, 5.41) is 3.01. The molecule has 2 rings (SSSR count). The standard InChI is InChI=1S/C25H34N2O2/c1-5-7-16-26-25(29)23(6-2)27(18-22-11-9-8-10-20(22)4)24(28)17-21-14-12-19(3)13-15-21/h8-15,23H,5-7,16-18H2,1-4H3,(H,26,29)/t23-/m0/s1. The zero-order valence-corrected chi connectivity index (χ0v) is 18.2. The summed E-state index contributed by atoms with van der Waals surface area (Å²) in [6, 6.07) is 15.6. The Morgan fingerprint density at radius 2 is 1.69 bits per heavy atom. The molecule has 4 heteroatoms. The molecular weight excluding hydrogens is 360 g/mol. The Bertz CT molecular complexity index is 799. The first-order valence-corrected chi connectivity index (χ1v) is 10.6. The predicted octanol–water partition coefficient (Wildman–Crippen LogP) is 4.57. The van der Waals surface area contributed by atoms with E-state index in [9.17, 15) is 9.59 Å². The summed E-state index contributed by atoms with van der Waals surface area (Å²) >= 11 is 0. The zero-order chi connectivity index (χ0) is 21.2. The monoisotopic (exact) mass is 394 g/mol. The van der Waals surface area contributed by atoms with E-state index in [4.69, 9.17) is 0 Å². The van der Waals surface area contributed by atoms with Crippen molar-refractivity contribution in [3.05, 3.63) is 70.8 Å². The molecule has 0 saturated carbocycles. The molecule has 0 aliphatic rings. The minimum atomic E-state index is -0.468. The second-order valence-corrected chi connectivity index (χ2v) is 7.68. The molecule has 156 valence electrons. The summed E-state index contributed by atoms with van der Waals surface area (Å²) in [4.78, 5) is 27.9. The largest absolute Gasteiger partial charge is 0.354 e. The van der Waals surface area contributed by atoms with Crippen LogP contribution in [0.3, 0.4) is 0 Å². The second kappa shape index (κ2) is 11.4. The second-order valence-electron chi connectivity index (χ2n) is 7.68. The normalized spacial score (nSPS) is 11.7. The first-order valence-electron chi connectivity index (χ1n) is 10.6. The van der Waals surface area contributed by atoms with E-state index in [1.54, 1.807) is 4.90 Å². The lowest BCUT2D eigenvalue weighted by Crippen LogP contribution is -2.49. The van der Waals surface area contributed by atoms with E-state index < -0.39 is 6.04 Å². The van der Waals surface area contributed by atoms with E-state index in [0.29, 0.717) is 25.9 Å². The summed E-state index contributed by atoms with van der Waals surface area (Å²) in [6.07, 6.45) is 2.85. The number of hydrogen-bond acceptors (Lipinski definition) is 2. The van der Waals surface area contributed by atoms with Crippen LogP contribution in [-0.4, -0.2) is 29.3 Å². The van der Waals surface area contributed by atoms with Crippen molar-refractivity contribution in [3.8, 4) is 0 Å². The van der Waals surface area contributed by atoms with E-state index >= 15 is 0 Å². The molecule has 0 saturated heterocycles. The Morgan fingerprint density at radius 3 is 2.31 bits per heavy atom. The maximum Gasteiger partial charge on any atom is 0.242 e. The van der Waals surface area contributed by atoms with E-state index in [1.165, 1.54) is 5.56 Å². The summed E-state index contributed by atoms with van der Waals surface area (Å²) in [5.74, 6) is -0.0820. The van der Waals surface area contributed by atoms with Gasteiger partial charge in [0.05, 0.1) is 6.42 Å². The molecular formula is C25H34N2O2. The Labute approximate surface area is 175 Å². The van der Waals surface area contributed by atoms with E-state index in [1.807, 2.05) is 69.3 Å².